The second kappa shape index (κ2) is 5.50. The predicted octanol–water partition coefficient (Wildman–Crippen LogP) is 1.60. The molecular weight excluding hydrogens is 212 g/mol. The van der Waals surface area contributed by atoms with Gasteiger partial charge >= 0.3 is 0 Å². The van der Waals surface area contributed by atoms with Gasteiger partial charge in [-0.05, 0) is 12.6 Å². The van der Waals surface area contributed by atoms with E-state index >= 15 is 0 Å². The molecule has 4 nitrogen and oxygen atoms in total. The van der Waals surface area contributed by atoms with E-state index in [0.29, 0.717) is 0 Å². The van der Waals surface area contributed by atoms with E-state index in [-0.39, 0.29) is 0 Å². The number of hydrogen-bond donors (Lipinski definition) is 1. The maximum absolute atomic E-state index is 5.61. The minimum absolute atomic E-state index is 0.718. The van der Waals surface area contributed by atoms with Crippen LogP contribution in [0.4, 0.5) is 5.69 Å². The minimum Gasteiger partial charge on any atom is -0.396 e. The highest BCUT2D eigenvalue weighted by Crippen LogP contribution is 2.03. The van der Waals surface area contributed by atoms with Gasteiger partial charge in [-0.25, -0.2) is 0 Å². The molecule has 0 atom stereocenters. The van der Waals surface area contributed by atoms with E-state index in [1.54, 1.807) is 6.20 Å². The van der Waals surface area contributed by atoms with Crippen LogP contribution in [0.2, 0.25) is 0 Å². The molecule has 17 heavy (non-hydrogen) atoms. The molecule has 0 radical (unpaired) electrons. The van der Waals surface area contributed by atoms with Crippen molar-refractivity contribution >= 4 is 5.69 Å². The van der Waals surface area contributed by atoms with Gasteiger partial charge in [0.15, 0.2) is 0 Å². The highest BCUT2D eigenvalue weighted by atomic mass is 15.3. The number of rotatable bonds is 5. The Kier molecular flexibility index (Phi) is 3.77. The second-order valence-corrected chi connectivity index (χ2v) is 4.26. The molecule has 0 amide bonds. The number of nitrogen functional groups attached to an aromatic ring is 1. The minimum atomic E-state index is 0.718. The van der Waals surface area contributed by atoms with Crippen molar-refractivity contribution in [2.45, 2.75) is 13.1 Å². The molecule has 0 unspecified atom stereocenters. The lowest BCUT2D eigenvalue weighted by molar-refractivity contribution is 0.305. The first-order valence-corrected chi connectivity index (χ1v) is 5.74. The highest BCUT2D eigenvalue weighted by molar-refractivity contribution is 5.30. The van der Waals surface area contributed by atoms with Crippen LogP contribution in [0.5, 0.6) is 0 Å². The molecule has 0 bridgehead atoms. The monoisotopic (exact) mass is 230 g/mol. The normalized spacial score (nSPS) is 10.9. The van der Waals surface area contributed by atoms with Gasteiger partial charge in [-0.2, -0.15) is 5.10 Å². The zero-order valence-corrected chi connectivity index (χ0v) is 10.1. The molecule has 2 rings (SSSR count). The molecule has 1 aromatic carbocycles. The molecule has 0 spiro atoms. The van der Waals surface area contributed by atoms with Crippen molar-refractivity contribution in [1.82, 2.24) is 14.7 Å². The Balaban J connectivity index is 1.80. The van der Waals surface area contributed by atoms with Crippen molar-refractivity contribution in [3.05, 3.63) is 48.3 Å². The third-order valence-electron chi connectivity index (χ3n) is 2.66. The molecule has 90 valence electrons. The van der Waals surface area contributed by atoms with Gasteiger partial charge in [0.25, 0.3) is 0 Å². The summed E-state index contributed by atoms with van der Waals surface area (Å²) in [6.45, 7) is 2.77. The Morgan fingerprint density at radius 2 is 2.06 bits per heavy atom. The van der Waals surface area contributed by atoms with Crippen LogP contribution < -0.4 is 5.73 Å². The van der Waals surface area contributed by atoms with Crippen molar-refractivity contribution in [3.8, 4) is 0 Å². The number of nitrogens with zero attached hydrogens (tertiary/aromatic N) is 3. The van der Waals surface area contributed by atoms with Gasteiger partial charge in [0, 0.05) is 19.3 Å². The number of anilines is 1. The van der Waals surface area contributed by atoms with Gasteiger partial charge in [-0.3, -0.25) is 4.68 Å². The first kappa shape index (κ1) is 11.7. The summed E-state index contributed by atoms with van der Waals surface area (Å²) in [6.07, 6.45) is 3.54. The maximum Gasteiger partial charge on any atom is 0.0719 e. The smallest absolute Gasteiger partial charge is 0.0719 e. The van der Waals surface area contributed by atoms with E-state index in [1.807, 2.05) is 16.9 Å². The van der Waals surface area contributed by atoms with E-state index in [4.69, 9.17) is 5.73 Å². The standard InChI is InChI=1S/C13H18N4/c1-16(10-12-5-3-2-4-6-12)7-8-17-11-13(14)9-15-17/h2-6,9,11H,7-8,10,14H2,1H3. The molecule has 0 saturated heterocycles. The number of likely N-dealkylation sites (N-methyl/N-ethyl adjacent to an activating group) is 1. The zero-order chi connectivity index (χ0) is 12.1. The Morgan fingerprint density at radius 3 is 2.71 bits per heavy atom. The van der Waals surface area contributed by atoms with Crippen molar-refractivity contribution in [2.24, 2.45) is 0 Å². The first-order chi connectivity index (χ1) is 8.24. The van der Waals surface area contributed by atoms with Crippen molar-refractivity contribution in [3.63, 3.8) is 0 Å². The topological polar surface area (TPSA) is 47.1 Å². The van der Waals surface area contributed by atoms with Crippen LogP contribution in [0.25, 0.3) is 0 Å². The molecule has 0 aliphatic carbocycles. The van der Waals surface area contributed by atoms with E-state index < -0.39 is 0 Å². The summed E-state index contributed by atoms with van der Waals surface area (Å²) in [5, 5.41) is 4.16. The molecule has 0 fully saturated rings. The summed E-state index contributed by atoms with van der Waals surface area (Å²) in [5.41, 5.74) is 7.66. The number of aromatic nitrogens is 2. The molecule has 2 aromatic rings. The van der Waals surface area contributed by atoms with Gasteiger partial charge in [0.2, 0.25) is 0 Å². The average Bonchev–Trinajstić information content (AvgIpc) is 2.74. The van der Waals surface area contributed by atoms with Crippen LogP contribution in [0.1, 0.15) is 5.56 Å². The summed E-state index contributed by atoms with van der Waals surface area (Å²) in [5.74, 6) is 0. The lowest BCUT2D eigenvalue weighted by Gasteiger charge is -2.16. The molecule has 2 N–H and O–H groups in total. The van der Waals surface area contributed by atoms with E-state index in [1.165, 1.54) is 5.56 Å². The van der Waals surface area contributed by atoms with Crippen molar-refractivity contribution in [2.75, 3.05) is 19.3 Å². The fourth-order valence-corrected chi connectivity index (χ4v) is 1.75. The van der Waals surface area contributed by atoms with Gasteiger partial charge in [0.05, 0.1) is 18.4 Å². The zero-order valence-electron chi connectivity index (χ0n) is 10.1. The average molecular weight is 230 g/mol. The second-order valence-electron chi connectivity index (χ2n) is 4.26. The third-order valence-corrected chi connectivity index (χ3v) is 2.66. The molecule has 0 aliphatic heterocycles. The Hall–Kier alpha value is -1.81. The lowest BCUT2D eigenvalue weighted by atomic mass is 10.2. The molecule has 1 aromatic heterocycles. The fraction of sp³-hybridized carbons (Fsp3) is 0.308. The van der Waals surface area contributed by atoms with Crippen LogP contribution in [0, 0.1) is 0 Å². The summed E-state index contributed by atoms with van der Waals surface area (Å²) in [4.78, 5) is 2.27. The number of hydrogen-bond acceptors (Lipinski definition) is 3. The van der Waals surface area contributed by atoms with Crippen LogP contribution >= 0.6 is 0 Å². The molecule has 1 heterocycles. The molecular formula is C13H18N4. The number of benzene rings is 1. The Morgan fingerprint density at radius 1 is 1.29 bits per heavy atom. The maximum atomic E-state index is 5.61. The molecule has 0 aliphatic rings. The van der Waals surface area contributed by atoms with Gasteiger partial charge in [-0.1, -0.05) is 30.3 Å². The summed E-state index contributed by atoms with van der Waals surface area (Å²) < 4.78 is 1.87. The quantitative estimate of drug-likeness (QED) is 0.848. The van der Waals surface area contributed by atoms with Gasteiger partial charge in [-0.15, -0.1) is 0 Å². The predicted molar refractivity (Wildman–Crippen MR) is 69.4 cm³/mol. The van der Waals surface area contributed by atoms with Gasteiger partial charge < -0.3 is 10.6 Å². The largest absolute Gasteiger partial charge is 0.396 e. The van der Waals surface area contributed by atoms with E-state index in [9.17, 15) is 0 Å². The van der Waals surface area contributed by atoms with Crippen LogP contribution in [-0.4, -0.2) is 28.3 Å². The first-order valence-electron chi connectivity index (χ1n) is 5.74. The number of nitrogens with two attached hydrogens (primary N) is 1. The molecule has 4 heteroatoms. The fourth-order valence-electron chi connectivity index (χ4n) is 1.75. The molecule has 0 saturated carbocycles. The Labute approximate surface area is 102 Å². The van der Waals surface area contributed by atoms with E-state index in [2.05, 4.69) is 41.3 Å². The van der Waals surface area contributed by atoms with Crippen LogP contribution in [0.15, 0.2) is 42.7 Å². The highest BCUT2D eigenvalue weighted by Gasteiger charge is 2.01. The Bertz CT molecular complexity index is 449. The van der Waals surface area contributed by atoms with Crippen molar-refractivity contribution < 1.29 is 0 Å². The SMILES string of the molecule is CN(CCn1cc(N)cn1)Cc1ccccc1. The summed E-state index contributed by atoms with van der Waals surface area (Å²) in [6, 6.07) is 10.5. The lowest BCUT2D eigenvalue weighted by Crippen LogP contribution is -2.23. The summed E-state index contributed by atoms with van der Waals surface area (Å²) >= 11 is 0. The van der Waals surface area contributed by atoms with E-state index in [0.717, 1.165) is 25.3 Å². The van der Waals surface area contributed by atoms with Crippen molar-refractivity contribution in [1.29, 1.82) is 0 Å². The van der Waals surface area contributed by atoms with Crippen LogP contribution in [0.3, 0.4) is 0 Å². The summed E-state index contributed by atoms with van der Waals surface area (Å²) in [7, 11) is 2.11. The van der Waals surface area contributed by atoms with Crippen LogP contribution in [-0.2, 0) is 13.1 Å². The third kappa shape index (κ3) is 3.60. The van der Waals surface area contributed by atoms with Gasteiger partial charge in [0.1, 0.15) is 0 Å².